The first kappa shape index (κ1) is 6.49. The number of rotatable bonds is 1. The third-order valence-electron chi connectivity index (χ3n) is 0.383. The third-order valence-corrected chi connectivity index (χ3v) is 0.728. The van der Waals surface area contributed by atoms with E-state index in [0.717, 1.165) is 6.20 Å². The van der Waals surface area contributed by atoms with Gasteiger partial charge in [-0.25, -0.2) is 0 Å². The van der Waals surface area contributed by atoms with Crippen molar-refractivity contribution in [2.75, 3.05) is 0 Å². The molecular formula is C3H5FN2S. The lowest BCUT2D eigenvalue weighted by Crippen LogP contribution is -1.89. The van der Waals surface area contributed by atoms with Crippen molar-refractivity contribution in [1.82, 2.24) is 0 Å². The first-order valence-electron chi connectivity index (χ1n) is 1.53. The van der Waals surface area contributed by atoms with Gasteiger partial charge in [-0.3, -0.25) is 5.41 Å². The van der Waals surface area contributed by atoms with Gasteiger partial charge in [0.2, 0.25) is 5.97 Å². The highest BCUT2D eigenvalue weighted by Gasteiger charge is 1.92. The Hall–Kier alpha value is -0.510. The van der Waals surface area contributed by atoms with Crippen molar-refractivity contribution in [3.05, 3.63) is 11.1 Å². The van der Waals surface area contributed by atoms with Crippen LogP contribution < -0.4 is 5.73 Å². The first-order chi connectivity index (χ1) is 3.18. The fourth-order valence-corrected chi connectivity index (χ4v) is 0.0732. The SMILES string of the molecule is N=C(F)C(S)=CN. The summed E-state index contributed by atoms with van der Waals surface area (Å²) in [6, 6.07) is 0. The van der Waals surface area contributed by atoms with E-state index in [-0.39, 0.29) is 4.91 Å². The average Bonchev–Trinajstić information content (AvgIpc) is 1.65. The van der Waals surface area contributed by atoms with Gasteiger partial charge in [-0.1, -0.05) is 0 Å². The summed E-state index contributed by atoms with van der Waals surface area (Å²) in [5.41, 5.74) is 4.75. The molecule has 0 saturated heterocycles. The number of thiol groups is 1. The van der Waals surface area contributed by atoms with Crippen LogP contribution in [0.1, 0.15) is 0 Å². The van der Waals surface area contributed by atoms with Crippen LogP contribution in [0.5, 0.6) is 0 Å². The smallest absolute Gasteiger partial charge is 0.220 e. The highest BCUT2D eigenvalue weighted by atomic mass is 32.1. The summed E-state index contributed by atoms with van der Waals surface area (Å²) >= 11 is 3.46. The van der Waals surface area contributed by atoms with Gasteiger partial charge in [-0.15, -0.1) is 12.6 Å². The van der Waals surface area contributed by atoms with E-state index in [2.05, 4.69) is 12.6 Å². The molecule has 0 aromatic rings. The van der Waals surface area contributed by atoms with E-state index in [4.69, 9.17) is 11.1 Å². The van der Waals surface area contributed by atoms with Crippen LogP contribution in [0.15, 0.2) is 11.1 Å². The fourth-order valence-electron chi connectivity index (χ4n) is 0.0732. The van der Waals surface area contributed by atoms with Gasteiger partial charge in [0.15, 0.2) is 0 Å². The lowest BCUT2D eigenvalue weighted by molar-refractivity contribution is 0.801. The van der Waals surface area contributed by atoms with E-state index in [1.165, 1.54) is 0 Å². The van der Waals surface area contributed by atoms with E-state index in [1.54, 1.807) is 0 Å². The number of nitrogens with two attached hydrogens (primary N) is 1. The number of hydrogen-bond donors (Lipinski definition) is 3. The second kappa shape index (κ2) is 2.63. The average molecular weight is 120 g/mol. The minimum atomic E-state index is -1.11. The van der Waals surface area contributed by atoms with Gasteiger partial charge >= 0.3 is 0 Å². The quantitative estimate of drug-likeness (QED) is 0.345. The Morgan fingerprint density at radius 2 is 2.29 bits per heavy atom. The second-order valence-corrected chi connectivity index (χ2v) is 1.35. The Morgan fingerprint density at radius 1 is 1.86 bits per heavy atom. The monoisotopic (exact) mass is 120 g/mol. The zero-order valence-corrected chi connectivity index (χ0v) is 4.37. The Bertz CT molecular complexity index is 110. The maximum Gasteiger partial charge on any atom is 0.220 e. The lowest BCUT2D eigenvalue weighted by atomic mass is 10.6. The van der Waals surface area contributed by atoms with E-state index >= 15 is 0 Å². The molecule has 0 fully saturated rings. The van der Waals surface area contributed by atoms with E-state index in [9.17, 15) is 4.39 Å². The molecule has 0 rings (SSSR count). The number of nitrogens with one attached hydrogen (secondary N) is 1. The number of halogens is 1. The molecular weight excluding hydrogens is 115 g/mol. The van der Waals surface area contributed by atoms with Crippen molar-refractivity contribution in [2.45, 2.75) is 0 Å². The van der Waals surface area contributed by atoms with Gasteiger partial charge in [0.25, 0.3) is 0 Å². The molecule has 0 aliphatic rings. The Morgan fingerprint density at radius 3 is 2.29 bits per heavy atom. The molecule has 2 nitrogen and oxygen atoms in total. The largest absolute Gasteiger partial charge is 0.404 e. The molecule has 0 aromatic heterocycles. The molecule has 0 aliphatic carbocycles. The van der Waals surface area contributed by atoms with Crippen LogP contribution in [0.3, 0.4) is 0 Å². The van der Waals surface area contributed by atoms with Crippen LogP contribution in [0.4, 0.5) is 4.39 Å². The normalized spacial score (nSPS) is 11.4. The van der Waals surface area contributed by atoms with Crippen molar-refractivity contribution < 1.29 is 4.39 Å². The molecule has 0 spiro atoms. The highest BCUT2D eigenvalue weighted by molar-refractivity contribution is 7.85. The number of hydrogen-bond acceptors (Lipinski definition) is 3. The lowest BCUT2D eigenvalue weighted by Gasteiger charge is -1.83. The summed E-state index contributed by atoms with van der Waals surface area (Å²) in [5, 5.41) is 6.21. The molecule has 0 heterocycles. The van der Waals surface area contributed by atoms with Crippen LogP contribution in [-0.4, -0.2) is 5.97 Å². The maximum absolute atomic E-state index is 11.5. The third kappa shape index (κ3) is 2.22. The van der Waals surface area contributed by atoms with Crippen LogP contribution in [-0.2, 0) is 0 Å². The number of allylic oxidation sites excluding steroid dienone is 1. The highest BCUT2D eigenvalue weighted by Crippen LogP contribution is 1.98. The summed E-state index contributed by atoms with van der Waals surface area (Å²) in [6.07, 6.45) is 0.922. The van der Waals surface area contributed by atoms with Gasteiger partial charge in [-0.05, 0) is 0 Å². The molecule has 0 bridgehead atoms. The summed E-state index contributed by atoms with van der Waals surface area (Å²) in [5.74, 6) is -1.11. The molecule has 0 radical (unpaired) electrons. The van der Waals surface area contributed by atoms with Crippen molar-refractivity contribution >= 4 is 18.6 Å². The van der Waals surface area contributed by atoms with Crippen LogP contribution in [0, 0.1) is 5.41 Å². The minimum Gasteiger partial charge on any atom is -0.404 e. The molecule has 0 aliphatic heterocycles. The maximum atomic E-state index is 11.5. The summed E-state index contributed by atoms with van der Waals surface area (Å²) in [6.45, 7) is 0. The molecule has 0 atom stereocenters. The van der Waals surface area contributed by atoms with Crippen molar-refractivity contribution in [1.29, 1.82) is 5.41 Å². The summed E-state index contributed by atoms with van der Waals surface area (Å²) in [7, 11) is 0. The molecule has 4 heteroatoms. The van der Waals surface area contributed by atoms with Crippen LogP contribution in [0.25, 0.3) is 0 Å². The molecule has 0 aromatic carbocycles. The topological polar surface area (TPSA) is 49.9 Å². The van der Waals surface area contributed by atoms with Crippen molar-refractivity contribution in [3.63, 3.8) is 0 Å². The van der Waals surface area contributed by atoms with Gasteiger partial charge in [-0.2, -0.15) is 4.39 Å². The first-order valence-corrected chi connectivity index (χ1v) is 1.98. The minimum absolute atomic E-state index is 0.139. The molecule has 0 saturated carbocycles. The van der Waals surface area contributed by atoms with Crippen molar-refractivity contribution in [3.8, 4) is 0 Å². The van der Waals surface area contributed by atoms with E-state index in [0.29, 0.717) is 0 Å². The second-order valence-electron chi connectivity index (χ2n) is 0.866. The Labute approximate surface area is 46.1 Å². The van der Waals surface area contributed by atoms with Crippen molar-refractivity contribution in [2.24, 2.45) is 5.73 Å². The molecule has 0 unspecified atom stereocenters. The summed E-state index contributed by atoms with van der Waals surface area (Å²) in [4.78, 5) is -0.139. The van der Waals surface area contributed by atoms with Gasteiger partial charge in [0.05, 0.1) is 4.91 Å². The Kier molecular flexibility index (Phi) is 2.44. The predicted molar refractivity (Wildman–Crippen MR) is 30.1 cm³/mol. The van der Waals surface area contributed by atoms with E-state index < -0.39 is 5.97 Å². The fraction of sp³-hybridized carbons (Fsp3) is 0. The van der Waals surface area contributed by atoms with Gasteiger partial charge in [0, 0.05) is 6.20 Å². The van der Waals surface area contributed by atoms with E-state index in [1.807, 2.05) is 0 Å². The standard InChI is InChI=1S/C3H5FN2S/c4-3(6)2(7)1-5/h1,6-7H,5H2. The zero-order valence-electron chi connectivity index (χ0n) is 3.48. The molecule has 3 N–H and O–H groups in total. The van der Waals surface area contributed by atoms with Crippen LogP contribution in [0.2, 0.25) is 0 Å². The molecule has 7 heavy (non-hydrogen) atoms. The predicted octanol–water partition coefficient (Wildman–Crippen LogP) is 0.663. The molecule has 0 amide bonds. The van der Waals surface area contributed by atoms with Crippen LogP contribution >= 0.6 is 12.6 Å². The molecule has 40 valence electrons. The zero-order chi connectivity index (χ0) is 5.86. The van der Waals surface area contributed by atoms with Gasteiger partial charge in [0.1, 0.15) is 0 Å². The van der Waals surface area contributed by atoms with Gasteiger partial charge < -0.3 is 5.73 Å². The Balaban J connectivity index is 3.82. The summed E-state index contributed by atoms with van der Waals surface area (Å²) < 4.78 is 11.5.